The van der Waals surface area contributed by atoms with Crippen molar-refractivity contribution in [1.82, 2.24) is 4.98 Å². The number of thiazole rings is 1. The Morgan fingerprint density at radius 2 is 1.59 bits per heavy atom. The fraction of sp³-hybridized carbons (Fsp3) is 0.250. The van der Waals surface area contributed by atoms with Gasteiger partial charge in [0.1, 0.15) is 5.01 Å². The van der Waals surface area contributed by atoms with Crippen molar-refractivity contribution in [3.63, 3.8) is 0 Å². The zero-order valence-corrected chi connectivity index (χ0v) is 16.5. The molecule has 0 N–H and O–H groups in total. The highest BCUT2D eigenvalue weighted by Gasteiger charge is 2.51. The molecule has 1 saturated carbocycles. The van der Waals surface area contributed by atoms with Crippen molar-refractivity contribution in [1.29, 1.82) is 0 Å². The molecule has 4 rings (SSSR count). The van der Waals surface area contributed by atoms with E-state index in [1.165, 1.54) is 12.1 Å². The fourth-order valence-corrected chi connectivity index (χ4v) is 5.28. The van der Waals surface area contributed by atoms with Crippen LogP contribution in [0.5, 0.6) is 0 Å². The van der Waals surface area contributed by atoms with E-state index < -0.39 is 11.7 Å². The van der Waals surface area contributed by atoms with Crippen molar-refractivity contribution in [2.24, 2.45) is 0 Å². The molecule has 7 heteroatoms. The summed E-state index contributed by atoms with van der Waals surface area (Å²) in [5.74, 6) is 0. The lowest BCUT2D eigenvalue weighted by Gasteiger charge is -2.16. The molecule has 1 aromatic heterocycles. The SMILES string of the molecule is Cc1sc(C2(c3c(Cl)cccc3Cl)CC2)nc1-c1ccc(C(F)(F)F)cc1. The number of aryl methyl sites for hydroxylation is 1. The van der Waals surface area contributed by atoms with E-state index in [-0.39, 0.29) is 5.41 Å². The van der Waals surface area contributed by atoms with E-state index in [0.29, 0.717) is 21.3 Å². The van der Waals surface area contributed by atoms with Crippen molar-refractivity contribution in [2.45, 2.75) is 31.4 Å². The number of hydrogen-bond acceptors (Lipinski definition) is 2. The van der Waals surface area contributed by atoms with E-state index in [2.05, 4.69) is 0 Å². The Balaban J connectivity index is 1.74. The van der Waals surface area contributed by atoms with Crippen LogP contribution in [0, 0.1) is 6.92 Å². The van der Waals surface area contributed by atoms with Gasteiger partial charge in [-0.2, -0.15) is 13.2 Å². The third-order valence-electron chi connectivity index (χ3n) is 4.88. The summed E-state index contributed by atoms with van der Waals surface area (Å²) in [4.78, 5) is 5.74. The highest BCUT2D eigenvalue weighted by molar-refractivity contribution is 7.12. The first kappa shape index (κ1) is 18.8. The minimum atomic E-state index is -4.35. The van der Waals surface area contributed by atoms with Crippen LogP contribution >= 0.6 is 34.5 Å². The van der Waals surface area contributed by atoms with Crippen LogP contribution in [0.25, 0.3) is 11.3 Å². The molecule has 0 aliphatic heterocycles. The van der Waals surface area contributed by atoms with Gasteiger partial charge in [-0.15, -0.1) is 11.3 Å². The van der Waals surface area contributed by atoms with Gasteiger partial charge >= 0.3 is 6.18 Å². The van der Waals surface area contributed by atoms with E-state index in [9.17, 15) is 13.2 Å². The summed E-state index contributed by atoms with van der Waals surface area (Å²) in [5, 5.41) is 2.14. The number of nitrogens with zero attached hydrogens (tertiary/aromatic N) is 1. The number of alkyl halides is 3. The lowest BCUT2D eigenvalue weighted by Crippen LogP contribution is -2.10. The number of aromatic nitrogens is 1. The maximum absolute atomic E-state index is 12.8. The van der Waals surface area contributed by atoms with Crippen LogP contribution < -0.4 is 0 Å². The van der Waals surface area contributed by atoms with Crippen LogP contribution in [0.1, 0.15) is 33.9 Å². The Labute approximate surface area is 168 Å². The van der Waals surface area contributed by atoms with Crippen LogP contribution in [0.4, 0.5) is 13.2 Å². The Bertz CT molecular complexity index is 985. The largest absolute Gasteiger partial charge is 0.416 e. The van der Waals surface area contributed by atoms with E-state index >= 15 is 0 Å². The minimum absolute atomic E-state index is 0.297. The van der Waals surface area contributed by atoms with Gasteiger partial charge in [-0.3, -0.25) is 0 Å². The molecule has 3 aromatic rings. The lowest BCUT2D eigenvalue weighted by molar-refractivity contribution is -0.137. The van der Waals surface area contributed by atoms with E-state index in [1.54, 1.807) is 11.3 Å². The quantitative estimate of drug-likeness (QED) is 0.420. The molecule has 0 radical (unpaired) electrons. The molecule has 140 valence electrons. The molecule has 0 spiro atoms. The molecule has 1 fully saturated rings. The lowest BCUT2D eigenvalue weighted by atomic mass is 9.96. The molecule has 0 saturated heterocycles. The van der Waals surface area contributed by atoms with E-state index in [4.69, 9.17) is 28.2 Å². The van der Waals surface area contributed by atoms with Crippen LogP contribution in [0.3, 0.4) is 0 Å². The molecule has 0 unspecified atom stereocenters. The number of halogens is 5. The smallest absolute Gasteiger partial charge is 0.240 e. The van der Waals surface area contributed by atoms with Gasteiger partial charge in [0, 0.05) is 26.0 Å². The Morgan fingerprint density at radius 1 is 1.00 bits per heavy atom. The summed E-state index contributed by atoms with van der Waals surface area (Å²) >= 11 is 14.4. The van der Waals surface area contributed by atoms with Crippen molar-refractivity contribution >= 4 is 34.5 Å². The number of benzene rings is 2. The Morgan fingerprint density at radius 3 is 2.11 bits per heavy atom. The van der Waals surface area contributed by atoms with Gasteiger partial charge in [-0.05, 0) is 44.0 Å². The monoisotopic (exact) mass is 427 g/mol. The summed E-state index contributed by atoms with van der Waals surface area (Å²) < 4.78 is 38.4. The molecular formula is C20H14Cl2F3NS. The molecule has 1 aliphatic rings. The third kappa shape index (κ3) is 3.26. The Hall–Kier alpha value is -1.56. The zero-order chi connectivity index (χ0) is 19.4. The molecular weight excluding hydrogens is 414 g/mol. The minimum Gasteiger partial charge on any atom is -0.240 e. The number of rotatable bonds is 3. The summed E-state index contributed by atoms with van der Waals surface area (Å²) in [6.07, 6.45) is -2.55. The predicted octanol–water partition coefficient (Wildman–Crippen LogP) is 7.52. The highest BCUT2D eigenvalue weighted by atomic mass is 35.5. The standard InChI is InChI=1S/C20H14Cl2F3NS/c1-11-17(12-5-7-13(8-6-12)20(23,24)25)26-18(27-11)19(9-10-19)16-14(21)3-2-4-15(16)22/h2-8H,9-10H2,1H3. The summed E-state index contributed by atoms with van der Waals surface area (Å²) in [7, 11) is 0. The Kier molecular flexibility index (Phi) is 4.53. The topological polar surface area (TPSA) is 12.9 Å². The maximum atomic E-state index is 12.8. The van der Waals surface area contributed by atoms with Crippen LogP contribution in [0.15, 0.2) is 42.5 Å². The van der Waals surface area contributed by atoms with Gasteiger partial charge in [0.2, 0.25) is 0 Å². The number of hydrogen-bond donors (Lipinski definition) is 0. The van der Waals surface area contributed by atoms with Crippen LogP contribution in [0.2, 0.25) is 10.0 Å². The van der Waals surface area contributed by atoms with Gasteiger partial charge in [0.05, 0.1) is 16.7 Å². The highest BCUT2D eigenvalue weighted by Crippen LogP contribution is 2.58. The molecule has 0 amide bonds. The average molecular weight is 428 g/mol. The second-order valence-corrected chi connectivity index (χ2v) is 8.70. The molecule has 1 aliphatic carbocycles. The van der Waals surface area contributed by atoms with Crippen molar-refractivity contribution in [3.8, 4) is 11.3 Å². The normalized spacial score (nSPS) is 15.8. The average Bonchev–Trinajstić information content (AvgIpc) is 3.30. The van der Waals surface area contributed by atoms with Gasteiger partial charge in [0.15, 0.2) is 0 Å². The van der Waals surface area contributed by atoms with E-state index in [0.717, 1.165) is 40.4 Å². The van der Waals surface area contributed by atoms with Crippen molar-refractivity contribution < 1.29 is 13.2 Å². The third-order valence-corrected chi connectivity index (χ3v) is 6.69. The second-order valence-electron chi connectivity index (χ2n) is 6.68. The molecule has 1 nitrogen and oxygen atoms in total. The first-order valence-electron chi connectivity index (χ1n) is 8.32. The van der Waals surface area contributed by atoms with Gasteiger partial charge < -0.3 is 0 Å². The molecule has 1 heterocycles. The zero-order valence-electron chi connectivity index (χ0n) is 14.2. The second kappa shape index (κ2) is 6.50. The van der Waals surface area contributed by atoms with E-state index in [1.807, 2.05) is 25.1 Å². The van der Waals surface area contributed by atoms with Crippen molar-refractivity contribution in [3.05, 3.63) is 73.5 Å². The maximum Gasteiger partial charge on any atom is 0.416 e. The van der Waals surface area contributed by atoms with Crippen LogP contribution in [-0.2, 0) is 11.6 Å². The molecule has 27 heavy (non-hydrogen) atoms. The molecule has 0 bridgehead atoms. The van der Waals surface area contributed by atoms with Gasteiger partial charge in [0.25, 0.3) is 0 Å². The van der Waals surface area contributed by atoms with Crippen LogP contribution in [-0.4, -0.2) is 4.98 Å². The predicted molar refractivity (Wildman–Crippen MR) is 104 cm³/mol. The molecule has 2 aromatic carbocycles. The van der Waals surface area contributed by atoms with Crippen molar-refractivity contribution in [2.75, 3.05) is 0 Å². The van der Waals surface area contributed by atoms with Gasteiger partial charge in [-0.25, -0.2) is 4.98 Å². The van der Waals surface area contributed by atoms with Gasteiger partial charge in [-0.1, -0.05) is 41.4 Å². The summed E-state index contributed by atoms with van der Waals surface area (Å²) in [6.45, 7) is 1.93. The molecule has 0 atom stereocenters. The summed E-state index contributed by atoms with van der Waals surface area (Å²) in [5.41, 5.74) is 1.30. The fourth-order valence-electron chi connectivity index (χ4n) is 3.34. The first-order chi connectivity index (χ1) is 12.7. The first-order valence-corrected chi connectivity index (χ1v) is 9.90. The summed E-state index contributed by atoms with van der Waals surface area (Å²) in [6, 6.07) is 10.6.